The summed E-state index contributed by atoms with van der Waals surface area (Å²) in [5.41, 5.74) is 5.77. The van der Waals surface area contributed by atoms with Crippen molar-refractivity contribution in [2.24, 2.45) is 0 Å². The molecule has 128 valence electrons. The third kappa shape index (κ3) is 4.32. The van der Waals surface area contributed by atoms with Crippen LogP contribution >= 0.6 is 24.8 Å². The molecule has 1 aromatic carbocycles. The third-order valence-electron chi connectivity index (χ3n) is 3.57. The van der Waals surface area contributed by atoms with Crippen LogP contribution in [-0.2, 0) is 0 Å². The molecule has 2 rings (SSSR count). The van der Waals surface area contributed by atoms with Crippen molar-refractivity contribution in [2.45, 2.75) is 19.1 Å². The Morgan fingerprint density at radius 1 is 1.23 bits per heavy atom. The summed E-state index contributed by atoms with van der Waals surface area (Å²) in [6, 6.07) is 1.10. The van der Waals surface area contributed by atoms with E-state index in [1.807, 2.05) is 0 Å². The Morgan fingerprint density at radius 2 is 1.77 bits per heavy atom. The number of nitrogens with one attached hydrogen (secondary N) is 1. The van der Waals surface area contributed by atoms with Crippen LogP contribution < -0.4 is 11.1 Å². The molecule has 4 nitrogen and oxygen atoms in total. The van der Waals surface area contributed by atoms with Crippen LogP contribution in [0.4, 0.5) is 18.9 Å². The Hall–Kier alpha value is -0.890. The number of aryl methyl sites for hydroxylation is 1. The zero-order valence-electron chi connectivity index (χ0n) is 12.0. The lowest BCUT2D eigenvalue weighted by molar-refractivity contribution is -0.188. The molecule has 1 aliphatic rings. The summed E-state index contributed by atoms with van der Waals surface area (Å²) >= 11 is 0. The first-order valence-corrected chi connectivity index (χ1v) is 6.42. The van der Waals surface area contributed by atoms with Crippen molar-refractivity contribution in [3.05, 3.63) is 23.3 Å². The van der Waals surface area contributed by atoms with Gasteiger partial charge in [-0.2, -0.15) is 13.2 Å². The van der Waals surface area contributed by atoms with Crippen molar-refractivity contribution >= 4 is 30.5 Å². The van der Waals surface area contributed by atoms with Crippen LogP contribution in [0.5, 0.6) is 5.75 Å². The fourth-order valence-electron chi connectivity index (χ4n) is 2.56. The van der Waals surface area contributed by atoms with Crippen LogP contribution in [0, 0.1) is 6.92 Å². The number of nitrogens with zero attached hydrogens (tertiary/aromatic N) is 1. The number of piperazine rings is 1. The number of halogens is 5. The lowest BCUT2D eigenvalue weighted by Crippen LogP contribution is -2.49. The van der Waals surface area contributed by atoms with Crippen molar-refractivity contribution < 1.29 is 18.3 Å². The van der Waals surface area contributed by atoms with Crippen molar-refractivity contribution in [2.75, 3.05) is 31.9 Å². The molecule has 9 heteroatoms. The Balaban J connectivity index is 0.00000220. The van der Waals surface area contributed by atoms with Gasteiger partial charge in [-0.3, -0.25) is 4.90 Å². The van der Waals surface area contributed by atoms with E-state index in [9.17, 15) is 18.3 Å². The SMILES string of the molecule is Cc1ccc(N)c(O)c1[C@@H](N1CCNCC1)C(F)(F)F.Cl.Cl. The van der Waals surface area contributed by atoms with E-state index in [2.05, 4.69) is 5.32 Å². The Bertz CT molecular complexity index is 494. The van der Waals surface area contributed by atoms with Gasteiger partial charge in [-0.25, -0.2) is 0 Å². The minimum Gasteiger partial charge on any atom is -0.505 e. The molecule has 0 amide bonds. The summed E-state index contributed by atoms with van der Waals surface area (Å²) in [5, 5.41) is 13.0. The first kappa shape index (κ1) is 21.1. The van der Waals surface area contributed by atoms with E-state index in [1.54, 1.807) is 6.92 Å². The second-order valence-corrected chi connectivity index (χ2v) is 4.96. The van der Waals surface area contributed by atoms with Gasteiger partial charge >= 0.3 is 6.18 Å². The third-order valence-corrected chi connectivity index (χ3v) is 3.57. The summed E-state index contributed by atoms with van der Waals surface area (Å²) in [6.07, 6.45) is -4.46. The van der Waals surface area contributed by atoms with E-state index < -0.39 is 18.0 Å². The highest BCUT2D eigenvalue weighted by Crippen LogP contribution is 2.44. The second-order valence-electron chi connectivity index (χ2n) is 4.96. The van der Waals surface area contributed by atoms with E-state index in [0.29, 0.717) is 18.7 Å². The number of nitrogen functional groups attached to an aromatic ring is 1. The minimum absolute atomic E-state index is 0. The maximum atomic E-state index is 13.5. The Labute approximate surface area is 139 Å². The van der Waals surface area contributed by atoms with Gasteiger partial charge in [0.1, 0.15) is 11.8 Å². The van der Waals surface area contributed by atoms with Crippen LogP contribution in [0.2, 0.25) is 0 Å². The zero-order chi connectivity index (χ0) is 14.9. The molecule has 1 aromatic rings. The number of hydrogen-bond donors (Lipinski definition) is 3. The molecule has 0 saturated carbocycles. The van der Waals surface area contributed by atoms with E-state index >= 15 is 0 Å². The molecule has 1 aliphatic heterocycles. The van der Waals surface area contributed by atoms with Gasteiger partial charge in [-0.1, -0.05) is 6.07 Å². The summed E-state index contributed by atoms with van der Waals surface area (Å²) in [6.45, 7) is 3.09. The van der Waals surface area contributed by atoms with Gasteiger partial charge in [-0.05, 0) is 18.6 Å². The Morgan fingerprint density at radius 3 is 2.27 bits per heavy atom. The average Bonchev–Trinajstić information content (AvgIpc) is 2.39. The largest absolute Gasteiger partial charge is 0.505 e. The summed E-state index contributed by atoms with van der Waals surface area (Å²) in [4.78, 5) is 1.33. The number of phenolic OH excluding ortho intramolecular Hbond substituents is 1. The predicted molar refractivity (Wildman–Crippen MR) is 85.0 cm³/mol. The lowest BCUT2D eigenvalue weighted by atomic mass is 9.96. The first-order chi connectivity index (χ1) is 9.32. The molecule has 22 heavy (non-hydrogen) atoms. The first-order valence-electron chi connectivity index (χ1n) is 6.42. The molecule has 0 aromatic heterocycles. The minimum atomic E-state index is -4.46. The van der Waals surface area contributed by atoms with Crippen molar-refractivity contribution in [3.8, 4) is 5.75 Å². The Kier molecular flexibility index (Phi) is 7.77. The second kappa shape index (κ2) is 8.10. The molecule has 1 heterocycles. The molecule has 1 fully saturated rings. The quantitative estimate of drug-likeness (QED) is 0.559. The molecule has 0 unspecified atom stereocenters. The zero-order valence-corrected chi connectivity index (χ0v) is 13.6. The van der Waals surface area contributed by atoms with E-state index in [1.165, 1.54) is 17.0 Å². The number of aromatic hydroxyl groups is 1. The molecule has 0 spiro atoms. The topological polar surface area (TPSA) is 61.5 Å². The number of rotatable bonds is 2. The maximum Gasteiger partial charge on any atom is 0.408 e. The molecule has 0 bridgehead atoms. The number of benzene rings is 1. The van der Waals surface area contributed by atoms with Gasteiger partial charge < -0.3 is 16.2 Å². The van der Waals surface area contributed by atoms with Gasteiger partial charge in [0, 0.05) is 31.7 Å². The number of hydrogen-bond acceptors (Lipinski definition) is 4. The van der Waals surface area contributed by atoms with Gasteiger partial charge in [-0.15, -0.1) is 24.8 Å². The van der Waals surface area contributed by atoms with Gasteiger partial charge in [0.25, 0.3) is 0 Å². The standard InChI is InChI=1S/C13H18F3N3O.2ClH/c1-8-2-3-9(17)11(20)10(8)12(13(14,15)16)19-6-4-18-5-7-19;;/h2-3,12,18,20H,4-7,17H2,1H3;2*1H/t12-;;/m1../s1. The number of nitrogens with two attached hydrogens (primary N) is 1. The van der Waals surface area contributed by atoms with E-state index in [4.69, 9.17) is 5.73 Å². The van der Waals surface area contributed by atoms with E-state index in [0.717, 1.165) is 0 Å². The average molecular weight is 362 g/mol. The van der Waals surface area contributed by atoms with Crippen molar-refractivity contribution in [3.63, 3.8) is 0 Å². The molecule has 0 aliphatic carbocycles. The van der Waals surface area contributed by atoms with E-state index in [-0.39, 0.29) is 49.2 Å². The molecular formula is C13H20Cl2F3N3O. The molecule has 4 N–H and O–H groups in total. The van der Waals surface area contributed by atoms with Gasteiger partial charge in [0.05, 0.1) is 5.69 Å². The van der Waals surface area contributed by atoms with Crippen molar-refractivity contribution in [1.29, 1.82) is 0 Å². The molecular weight excluding hydrogens is 342 g/mol. The highest BCUT2D eigenvalue weighted by Gasteiger charge is 2.47. The lowest BCUT2D eigenvalue weighted by Gasteiger charge is -2.37. The summed E-state index contributed by atoms with van der Waals surface area (Å²) < 4.78 is 40.4. The van der Waals surface area contributed by atoms with Crippen LogP contribution in [0.1, 0.15) is 17.2 Å². The van der Waals surface area contributed by atoms with Gasteiger partial charge in [0.2, 0.25) is 0 Å². The summed E-state index contributed by atoms with van der Waals surface area (Å²) in [7, 11) is 0. The van der Waals surface area contributed by atoms with Crippen LogP contribution in [0.25, 0.3) is 0 Å². The van der Waals surface area contributed by atoms with Crippen LogP contribution in [0.15, 0.2) is 12.1 Å². The molecule has 1 atom stereocenters. The van der Waals surface area contributed by atoms with Crippen LogP contribution in [-0.4, -0.2) is 42.4 Å². The fourth-order valence-corrected chi connectivity index (χ4v) is 2.56. The molecule has 1 saturated heterocycles. The summed E-state index contributed by atoms with van der Waals surface area (Å²) in [5.74, 6) is -0.467. The van der Waals surface area contributed by atoms with Crippen LogP contribution in [0.3, 0.4) is 0 Å². The van der Waals surface area contributed by atoms with Gasteiger partial charge in [0.15, 0.2) is 0 Å². The normalized spacial score (nSPS) is 17.3. The smallest absolute Gasteiger partial charge is 0.408 e. The number of alkyl halides is 3. The number of phenols is 1. The number of anilines is 1. The fraction of sp³-hybridized carbons (Fsp3) is 0.538. The van der Waals surface area contributed by atoms with Crippen molar-refractivity contribution in [1.82, 2.24) is 10.2 Å². The predicted octanol–water partition coefficient (Wildman–Crippen LogP) is 2.64. The highest BCUT2D eigenvalue weighted by atomic mass is 35.5. The highest BCUT2D eigenvalue weighted by molar-refractivity contribution is 5.85. The monoisotopic (exact) mass is 361 g/mol. The maximum absolute atomic E-state index is 13.5. The molecule has 0 radical (unpaired) electrons.